The molecular weight excluding hydrogens is 349 g/mol. The number of anilines is 1. The van der Waals surface area contributed by atoms with Gasteiger partial charge in [-0.2, -0.15) is 5.10 Å². The molecule has 0 atom stereocenters. The van der Waals surface area contributed by atoms with Crippen LogP contribution in [0, 0.1) is 5.82 Å². The minimum absolute atomic E-state index is 0.277. The third-order valence-corrected chi connectivity index (χ3v) is 4.66. The van der Waals surface area contributed by atoms with Gasteiger partial charge in [-0.1, -0.05) is 0 Å². The van der Waals surface area contributed by atoms with E-state index in [-0.39, 0.29) is 5.82 Å². The van der Waals surface area contributed by atoms with Gasteiger partial charge in [-0.3, -0.25) is 0 Å². The van der Waals surface area contributed by atoms with Gasteiger partial charge < -0.3 is 19.5 Å². The summed E-state index contributed by atoms with van der Waals surface area (Å²) in [6, 6.07) is 10.0. The number of fused-ring (bicyclic) bond motifs is 1. The summed E-state index contributed by atoms with van der Waals surface area (Å²) in [5.41, 5.74) is 3.60. The molecule has 0 radical (unpaired) electrons. The van der Waals surface area contributed by atoms with Crippen LogP contribution in [-0.4, -0.2) is 37.7 Å². The van der Waals surface area contributed by atoms with E-state index in [0.717, 1.165) is 41.3 Å². The lowest BCUT2D eigenvalue weighted by atomic mass is 10.1. The highest BCUT2D eigenvalue weighted by Gasteiger charge is 2.25. The van der Waals surface area contributed by atoms with E-state index >= 15 is 0 Å². The maximum atomic E-state index is 13.3. The lowest BCUT2D eigenvalue weighted by Crippen LogP contribution is -2.04. The van der Waals surface area contributed by atoms with Crippen LogP contribution in [0.15, 0.2) is 36.4 Å². The fourth-order valence-electron chi connectivity index (χ4n) is 3.39. The third-order valence-electron chi connectivity index (χ3n) is 4.66. The van der Waals surface area contributed by atoms with Gasteiger partial charge in [-0.05, 0) is 42.8 Å². The van der Waals surface area contributed by atoms with Crippen LogP contribution < -0.4 is 19.5 Å². The highest BCUT2D eigenvalue weighted by atomic mass is 19.1. The number of nitrogens with one attached hydrogen (secondary N) is 1. The standard InChI is InChI=1S/C20H20FN3O3/c1-25-16-10-12(11-17(26-2)19(16)27-3)18-15-8-9-22-20(15)24(23-18)14-6-4-13(21)5-7-14/h4-7,10-11,22H,8-9H2,1-3H3. The molecule has 6 nitrogen and oxygen atoms in total. The van der Waals surface area contributed by atoms with Gasteiger partial charge in [0.05, 0.1) is 32.7 Å². The maximum absolute atomic E-state index is 13.3. The molecule has 0 bridgehead atoms. The van der Waals surface area contributed by atoms with Crippen LogP contribution in [0.25, 0.3) is 16.9 Å². The van der Waals surface area contributed by atoms with Gasteiger partial charge in [0, 0.05) is 17.7 Å². The number of hydrogen-bond donors (Lipinski definition) is 1. The van der Waals surface area contributed by atoms with Crippen molar-refractivity contribution in [1.82, 2.24) is 9.78 Å². The minimum Gasteiger partial charge on any atom is -0.493 e. The van der Waals surface area contributed by atoms with E-state index in [0.29, 0.717) is 17.2 Å². The topological polar surface area (TPSA) is 57.5 Å². The largest absolute Gasteiger partial charge is 0.493 e. The molecule has 2 heterocycles. The quantitative estimate of drug-likeness (QED) is 0.744. The van der Waals surface area contributed by atoms with E-state index < -0.39 is 0 Å². The Labute approximate surface area is 156 Å². The smallest absolute Gasteiger partial charge is 0.203 e. The fraction of sp³-hybridized carbons (Fsp3) is 0.250. The van der Waals surface area contributed by atoms with E-state index in [9.17, 15) is 4.39 Å². The molecule has 4 rings (SSSR count). The van der Waals surface area contributed by atoms with Crippen molar-refractivity contribution in [2.75, 3.05) is 33.2 Å². The highest BCUT2D eigenvalue weighted by Crippen LogP contribution is 2.43. The molecule has 1 aliphatic heterocycles. The van der Waals surface area contributed by atoms with Gasteiger partial charge in [0.1, 0.15) is 11.6 Å². The molecule has 0 aliphatic carbocycles. The summed E-state index contributed by atoms with van der Waals surface area (Å²) >= 11 is 0. The molecule has 2 aromatic carbocycles. The number of halogens is 1. The number of methoxy groups -OCH3 is 3. The second-order valence-electron chi connectivity index (χ2n) is 6.15. The molecular formula is C20H20FN3O3. The van der Waals surface area contributed by atoms with Crippen molar-refractivity contribution >= 4 is 5.82 Å². The van der Waals surface area contributed by atoms with Crippen LogP contribution in [0.4, 0.5) is 10.2 Å². The number of nitrogens with zero attached hydrogens (tertiary/aromatic N) is 2. The zero-order valence-corrected chi connectivity index (χ0v) is 15.4. The summed E-state index contributed by atoms with van der Waals surface area (Å²) in [6.07, 6.45) is 0.850. The zero-order chi connectivity index (χ0) is 19.0. The van der Waals surface area contributed by atoms with Crippen molar-refractivity contribution in [2.24, 2.45) is 0 Å². The van der Waals surface area contributed by atoms with Gasteiger partial charge in [0.2, 0.25) is 5.75 Å². The van der Waals surface area contributed by atoms with E-state index in [1.165, 1.54) is 12.1 Å². The highest BCUT2D eigenvalue weighted by molar-refractivity contribution is 5.76. The average Bonchev–Trinajstić information content (AvgIpc) is 3.30. The Morgan fingerprint density at radius 3 is 2.26 bits per heavy atom. The first-order chi connectivity index (χ1) is 13.2. The Morgan fingerprint density at radius 1 is 1.00 bits per heavy atom. The van der Waals surface area contributed by atoms with Crippen LogP contribution >= 0.6 is 0 Å². The lowest BCUT2D eigenvalue weighted by Gasteiger charge is -2.13. The molecule has 140 valence electrons. The second-order valence-corrected chi connectivity index (χ2v) is 6.15. The summed E-state index contributed by atoms with van der Waals surface area (Å²) in [5, 5.41) is 8.16. The summed E-state index contributed by atoms with van der Waals surface area (Å²) < 4.78 is 31.4. The Morgan fingerprint density at radius 2 is 1.67 bits per heavy atom. The van der Waals surface area contributed by atoms with Crippen molar-refractivity contribution in [3.63, 3.8) is 0 Å². The van der Waals surface area contributed by atoms with Crippen LogP contribution in [0.2, 0.25) is 0 Å². The molecule has 1 N–H and O–H groups in total. The summed E-state index contributed by atoms with van der Waals surface area (Å²) in [5.74, 6) is 2.33. The zero-order valence-electron chi connectivity index (χ0n) is 15.4. The number of hydrogen-bond acceptors (Lipinski definition) is 5. The Balaban J connectivity index is 1.88. The molecule has 27 heavy (non-hydrogen) atoms. The summed E-state index contributed by atoms with van der Waals surface area (Å²) in [7, 11) is 4.75. The average molecular weight is 369 g/mol. The molecule has 0 saturated heterocycles. The maximum Gasteiger partial charge on any atom is 0.203 e. The molecule has 0 fully saturated rings. The van der Waals surface area contributed by atoms with Gasteiger partial charge in [-0.25, -0.2) is 9.07 Å². The summed E-state index contributed by atoms with van der Waals surface area (Å²) in [4.78, 5) is 0. The Kier molecular flexibility index (Phi) is 4.35. The fourth-order valence-corrected chi connectivity index (χ4v) is 3.39. The first-order valence-electron chi connectivity index (χ1n) is 8.58. The number of benzene rings is 2. The number of ether oxygens (including phenoxy) is 3. The molecule has 1 aromatic heterocycles. The van der Waals surface area contributed by atoms with Crippen LogP contribution in [0.1, 0.15) is 5.56 Å². The second kappa shape index (κ2) is 6.83. The monoisotopic (exact) mass is 369 g/mol. The van der Waals surface area contributed by atoms with Crippen molar-refractivity contribution in [1.29, 1.82) is 0 Å². The molecule has 7 heteroatoms. The predicted octanol–water partition coefficient (Wildman–Crippen LogP) is 3.67. The normalized spacial score (nSPS) is 12.4. The Bertz CT molecular complexity index is 958. The Hall–Kier alpha value is -3.22. The lowest BCUT2D eigenvalue weighted by molar-refractivity contribution is 0.324. The van der Waals surface area contributed by atoms with Crippen molar-refractivity contribution < 1.29 is 18.6 Å². The van der Waals surface area contributed by atoms with E-state index in [1.54, 1.807) is 38.1 Å². The van der Waals surface area contributed by atoms with E-state index in [1.807, 2.05) is 12.1 Å². The summed E-state index contributed by atoms with van der Waals surface area (Å²) in [6.45, 7) is 0.825. The predicted molar refractivity (Wildman–Crippen MR) is 101 cm³/mol. The van der Waals surface area contributed by atoms with E-state index in [4.69, 9.17) is 19.3 Å². The van der Waals surface area contributed by atoms with Crippen LogP contribution in [0.3, 0.4) is 0 Å². The van der Waals surface area contributed by atoms with Gasteiger partial charge >= 0.3 is 0 Å². The van der Waals surface area contributed by atoms with Crippen LogP contribution in [0.5, 0.6) is 17.2 Å². The number of rotatable bonds is 5. The molecule has 0 spiro atoms. The third kappa shape index (κ3) is 2.85. The number of aromatic nitrogens is 2. The van der Waals surface area contributed by atoms with Crippen LogP contribution in [-0.2, 0) is 6.42 Å². The molecule has 1 aliphatic rings. The molecule has 0 unspecified atom stereocenters. The van der Waals surface area contributed by atoms with Crippen molar-refractivity contribution in [3.8, 4) is 34.2 Å². The molecule has 3 aromatic rings. The van der Waals surface area contributed by atoms with Gasteiger partial charge in [-0.15, -0.1) is 0 Å². The van der Waals surface area contributed by atoms with E-state index in [2.05, 4.69) is 5.32 Å². The first kappa shape index (κ1) is 17.2. The van der Waals surface area contributed by atoms with Crippen molar-refractivity contribution in [3.05, 3.63) is 47.8 Å². The first-order valence-corrected chi connectivity index (χ1v) is 8.58. The van der Waals surface area contributed by atoms with Gasteiger partial charge in [0.25, 0.3) is 0 Å². The van der Waals surface area contributed by atoms with Crippen molar-refractivity contribution in [2.45, 2.75) is 6.42 Å². The van der Waals surface area contributed by atoms with Gasteiger partial charge in [0.15, 0.2) is 11.5 Å². The molecule has 0 saturated carbocycles. The SMILES string of the molecule is COc1cc(-c2nn(-c3ccc(F)cc3)c3c2CCN3)cc(OC)c1OC. The molecule has 0 amide bonds. The minimum atomic E-state index is -0.277.